The van der Waals surface area contributed by atoms with Gasteiger partial charge in [-0.2, -0.15) is 0 Å². The van der Waals surface area contributed by atoms with Crippen LogP contribution in [0.15, 0.2) is 24.3 Å². The number of amides is 1. The van der Waals surface area contributed by atoms with E-state index in [1.165, 1.54) is 18.2 Å². The van der Waals surface area contributed by atoms with E-state index in [-0.39, 0.29) is 11.4 Å². The number of aliphatic carboxylic acids is 1. The Hall–Kier alpha value is -2.48. The number of nitro groups is 1. The number of anilines is 1. The Morgan fingerprint density at radius 2 is 2.17 bits per heavy atom. The zero-order valence-corrected chi connectivity index (χ0v) is 9.20. The average molecular weight is 253 g/mol. The Morgan fingerprint density at radius 1 is 1.50 bits per heavy atom. The molecule has 0 aliphatic heterocycles. The second-order valence-electron chi connectivity index (χ2n) is 3.50. The molecule has 4 N–H and O–H groups in total. The highest BCUT2D eigenvalue weighted by Crippen LogP contribution is 2.17. The van der Waals surface area contributed by atoms with Crippen LogP contribution in [-0.2, 0) is 9.59 Å². The lowest BCUT2D eigenvalue weighted by Gasteiger charge is -2.09. The Labute approximate surface area is 102 Å². The maximum atomic E-state index is 11.5. The van der Waals surface area contributed by atoms with E-state index >= 15 is 0 Å². The number of carbonyl (C=O) groups is 2. The molecule has 1 amide bonds. The molecular formula is C10H11N3O5. The third-order valence-electron chi connectivity index (χ3n) is 2.06. The fourth-order valence-corrected chi connectivity index (χ4v) is 1.21. The van der Waals surface area contributed by atoms with Crippen molar-refractivity contribution in [3.8, 4) is 0 Å². The van der Waals surface area contributed by atoms with Crippen molar-refractivity contribution in [1.82, 2.24) is 0 Å². The van der Waals surface area contributed by atoms with Gasteiger partial charge in [-0.1, -0.05) is 6.07 Å². The summed E-state index contributed by atoms with van der Waals surface area (Å²) in [6.45, 7) is 0. The highest BCUT2D eigenvalue weighted by Gasteiger charge is 2.17. The number of carboxylic acid groups (broad SMARTS) is 1. The van der Waals surface area contributed by atoms with Crippen LogP contribution < -0.4 is 11.1 Å². The Morgan fingerprint density at radius 3 is 2.72 bits per heavy atom. The van der Waals surface area contributed by atoms with Gasteiger partial charge in [-0.15, -0.1) is 0 Å². The molecule has 0 saturated carbocycles. The number of non-ortho nitro benzene ring substituents is 1. The number of nitro benzene ring substituents is 1. The molecule has 18 heavy (non-hydrogen) atoms. The number of benzene rings is 1. The van der Waals surface area contributed by atoms with Crippen molar-refractivity contribution in [2.24, 2.45) is 5.73 Å². The van der Waals surface area contributed by atoms with Gasteiger partial charge in [-0.25, -0.2) is 0 Å². The second kappa shape index (κ2) is 5.73. The molecule has 0 fully saturated rings. The van der Waals surface area contributed by atoms with E-state index in [9.17, 15) is 19.7 Å². The first-order chi connectivity index (χ1) is 8.40. The van der Waals surface area contributed by atoms with Crippen LogP contribution in [0, 0.1) is 10.1 Å². The summed E-state index contributed by atoms with van der Waals surface area (Å²) >= 11 is 0. The highest BCUT2D eigenvalue weighted by molar-refractivity contribution is 5.96. The summed E-state index contributed by atoms with van der Waals surface area (Å²) in [7, 11) is 0. The molecule has 1 aromatic rings. The van der Waals surface area contributed by atoms with E-state index in [4.69, 9.17) is 10.8 Å². The summed E-state index contributed by atoms with van der Waals surface area (Å²) in [5.41, 5.74) is 5.35. The molecule has 0 aromatic heterocycles. The minimum Gasteiger partial charge on any atom is -0.481 e. The number of nitrogens with zero attached hydrogens (tertiary/aromatic N) is 1. The molecule has 0 heterocycles. The van der Waals surface area contributed by atoms with Gasteiger partial charge in [0.25, 0.3) is 5.69 Å². The minimum absolute atomic E-state index is 0.181. The van der Waals surface area contributed by atoms with Crippen LogP contribution in [0.3, 0.4) is 0 Å². The van der Waals surface area contributed by atoms with Crippen LogP contribution >= 0.6 is 0 Å². The van der Waals surface area contributed by atoms with Gasteiger partial charge in [0.15, 0.2) is 0 Å². The van der Waals surface area contributed by atoms with Crippen LogP contribution in [0.1, 0.15) is 6.42 Å². The van der Waals surface area contributed by atoms with Crippen molar-refractivity contribution in [3.63, 3.8) is 0 Å². The maximum Gasteiger partial charge on any atom is 0.305 e. The molecule has 1 atom stereocenters. The Bertz CT molecular complexity index is 488. The van der Waals surface area contributed by atoms with Crippen molar-refractivity contribution < 1.29 is 19.6 Å². The first-order valence-electron chi connectivity index (χ1n) is 4.93. The predicted octanol–water partition coefficient (Wildman–Crippen LogP) is 0.335. The van der Waals surface area contributed by atoms with Crippen LogP contribution in [0.4, 0.5) is 11.4 Å². The van der Waals surface area contributed by atoms with Gasteiger partial charge in [-0.05, 0) is 6.07 Å². The van der Waals surface area contributed by atoms with Gasteiger partial charge >= 0.3 is 5.97 Å². The van der Waals surface area contributed by atoms with E-state index in [2.05, 4.69) is 5.32 Å². The number of nitrogens with one attached hydrogen (secondary N) is 1. The quantitative estimate of drug-likeness (QED) is 0.511. The van der Waals surface area contributed by atoms with Gasteiger partial charge in [0.1, 0.15) is 0 Å². The van der Waals surface area contributed by atoms with Crippen LogP contribution in [0.25, 0.3) is 0 Å². The van der Waals surface area contributed by atoms with Gasteiger partial charge in [0, 0.05) is 17.8 Å². The lowest BCUT2D eigenvalue weighted by molar-refractivity contribution is -0.384. The van der Waals surface area contributed by atoms with Gasteiger partial charge in [-0.3, -0.25) is 19.7 Å². The molecule has 8 heteroatoms. The normalized spacial score (nSPS) is 11.6. The Kier molecular flexibility index (Phi) is 4.33. The number of carbonyl (C=O) groups excluding carboxylic acids is 1. The first kappa shape index (κ1) is 13.6. The third-order valence-corrected chi connectivity index (χ3v) is 2.06. The minimum atomic E-state index is -1.21. The van der Waals surface area contributed by atoms with Crippen LogP contribution in [-0.4, -0.2) is 27.9 Å². The molecule has 0 spiro atoms. The van der Waals surface area contributed by atoms with E-state index in [0.717, 1.165) is 6.07 Å². The number of carboxylic acids is 1. The number of nitrogens with two attached hydrogens (primary N) is 1. The summed E-state index contributed by atoms with van der Waals surface area (Å²) < 4.78 is 0. The van der Waals surface area contributed by atoms with E-state index in [1.807, 2.05) is 0 Å². The fourth-order valence-electron chi connectivity index (χ4n) is 1.21. The van der Waals surface area contributed by atoms with Crippen LogP contribution in [0.5, 0.6) is 0 Å². The standard InChI is InChI=1S/C10H11N3O5/c11-8(5-9(14)15)10(16)12-6-2-1-3-7(4-6)13(17)18/h1-4,8H,5,11H2,(H,12,16)(H,14,15). The van der Waals surface area contributed by atoms with E-state index in [0.29, 0.717) is 0 Å². The Balaban J connectivity index is 2.72. The molecule has 0 radical (unpaired) electrons. The summed E-state index contributed by atoms with van der Waals surface area (Å²) in [4.78, 5) is 31.7. The molecule has 0 aliphatic carbocycles. The third kappa shape index (κ3) is 3.83. The molecule has 1 unspecified atom stereocenters. The van der Waals surface area contributed by atoms with Crippen molar-refractivity contribution in [1.29, 1.82) is 0 Å². The van der Waals surface area contributed by atoms with Gasteiger partial charge in [0.2, 0.25) is 5.91 Å². The SMILES string of the molecule is NC(CC(=O)O)C(=O)Nc1cccc([N+](=O)[O-])c1. The lowest BCUT2D eigenvalue weighted by Crippen LogP contribution is -2.37. The fraction of sp³-hybridized carbons (Fsp3) is 0.200. The van der Waals surface area contributed by atoms with E-state index < -0.39 is 29.3 Å². The topological polar surface area (TPSA) is 136 Å². The monoisotopic (exact) mass is 253 g/mol. The molecule has 0 bridgehead atoms. The number of hydrogen-bond acceptors (Lipinski definition) is 5. The molecular weight excluding hydrogens is 242 g/mol. The van der Waals surface area contributed by atoms with Crippen molar-refractivity contribution >= 4 is 23.3 Å². The average Bonchev–Trinajstić information content (AvgIpc) is 2.28. The first-order valence-corrected chi connectivity index (χ1v) is 4.93. The summed E-state index contributed by atoms with van der Waals surface area (Å²) in [5, 5.41) is 21.3. The summed E-state index contributed by atoms with van der Waals surface area (Å²) in [6, 6.07) is 4.06. The number of hydrogen-bond donors (Lipinski definition) is 3. The highest BCUT2D eigenvalue weighted by atomic mass is 16.6. The molecule has 1 rings (SSSR count). The predicted molar refractivity (Wildman–Crippen MR) is 62.0 cm³/mol. The zero-order valence-electron chi connectivity index (χ0n) is 9.20. The van der Waals surface area contributed by atoms with E-state index in [1.54, 1.807) is 0 Å². The second-order valence-corrected chi connectivity index (χ2v) is 3.50. The van der Waals surface area contributed by atoms with Crippen molar-refractivity contribution in [2.75, 3.05) is 5.32 Å². The molecule has 0 aliphatic rings. The summed E-state index contributed by atoms with van der Waals surface area (Å²) in [5.74, 6) is -1.91. The van der Waals surface area contributed by atoms with Crippen molar-refractivity contribution in [2.45, 2.75) is 12.5 Å². The zero-order chi connectivity index (χ0) is 13.7. The molecule has 96 valence electrons. The largest absolute Gasteiger partial charge is 0.481 e. The maximum absolute atomic E-state index is 11.5. The lowest BCUT2D eigenvalue weighted by atomic mass is 10.2. The molecule has 0 saturated heterocycles. The van der Waals surface area contributed by atoms with Gasteiger partial charge in [0.05, 0.1) is 17.4 Å². The van der Waals surface area contributed by atoms with Gasteiger partial charge < -0.3 is 16.2 Å². The number of rotatable bonds is 5. The molecule has 8 nitrogen and oxygen atoms in total. The van der Waals surface area contributed by atoms with Crippen LogP contribution in [0.2, 0.25) is 0 Å². The van der Waals surface area contributed by atoms with Crippen molar-refractivity contribution in [3.05, 3.63) is 34.4 Å². The molecule has 1 aromatic carbocycles. The smallest absolute Gasteiger partial charge is 0.305 e. The summed E-state index contributed by atoms with van der Waals surface area (Å²) in [6.07, 6.45) is -0.513.